The number of benzene rings is 1. The van der Waals surface area contributed by atoms with E-state index in [-0.39, 0.29) is 17.5 Å². The Kier molecular flexibility index (Phi) is 4.43. The lowest BCUT2D eigenvalue weighted by molar-refractivity contribution is 0.466. The zero-order valence-electron chi connectivity index (χ0n) is 12.7. The quantitative estimate of drug-likeness (QED) is 0.913. The van der Waals surface area contributed by atoms with Crippen LogP contribution in [0.5, 0.6) is 0 Å². The maximum Gasteiger partial charge on any atom is 0.240 e. The van der Waals surface area contributed by atoms with E-state index in [9.17, 15) is 8.42 Å². The predicted molar refractivity (Wildman–Crippen MR) is 80.6 cm³/mol. The van der Waals surface area contributed by atoms with Gasteiger partial charge < -0.3 is 0 Å². The molecule has 0 aliphatic rings. The standard InChI is InChI=1S/C14H20N4O2S/c1-10-5-7-14(8-6-10)21(19,20)15-9-11(2)18-13(4)16-12(3)17-18/h5-8,11,15H,9H2,1-4H3/t11-/m0/s1. The van der Waals surface area contributed by atoms with Crippen LogP contribution in [0.25, 0.3) is 0 Å². The summed E-state index contributed by atoms with van der Waals surface area (Å²) in [5, 5.41) is 4.27. The number of nitrogens with zero attached hydrogens (tertiary/aromatic N) is 3. The van der Waals surface area contributed by atoms with Gasteiger partial charge in [-0.1, -0.05) is 17.7 Å². The molecule has 1 N–H and O–H groups in total. The highest BCUT2D eigenvalue weighted by molar-refractivity contribution is 7.89. The number of nitrogens with one attached hydrogen (secondary N) is 1. The van der Waals surface area contributed by atoms with Crippen molar-refractivity contribution in [3.8, 4) is 0 Å². The molecule has 1 atom stereocenters. The van der Waals surface area contributed by atoms with Crippen LogP contribution in [0.1, 0.15) is 30.2 Å². The second-order valence-electron chi connectivity index (χ2n) is 5.16. The van der Waals surface area contributed by atoms with Gasteiger partial charge in [-0.25, -0.2) is 22.8 Å². The maximum absolute atomic E-state index is 12.2. The highest BCUT2D eigenvalue weighted by Crippen LogP contribution is 2.12. The molecule has 0 saturated heterocycles. The summed E-state index contributed by atoms with van der Waals surface area (Å²) in [6, 6.07) is 6.66. The molecule has 0 unspecified atom stereocenters. The van der Waals surface area contributed by atoms with Crippen LogP contribution in [0.15, 0.2) is 29.2 Å². The molecule has 1 aromatic heterocycles. The Morgan fingerprint density at radius 3 is 2.33 bits per heavy atom. The van der Waals surface area contributed by atoms with E-state index in [0.717, 1.165) is 11.4 Å². The SMILES string of the molecule is Cc1ccc(S(=O)(=O)NC[C@H](C)n2nc(C)nc2C)cc1. The van der Waals surface area contributed by atoms with Gasteiger partial charge in [0.25, 0.3) is 0 Å². The van der Waals surface area contributed by atoms with Gasteiger partial charge in [0.1, 0.15) is 11.6 Å². The van der Waals surface area contributed by atoms with Gasteiger partial charge in [-0.05, 0) is 39.8 Å². The third-order valence-electron chi connectivity index (χ3n) is 3.23. The van der Waals surface area contributed by atoms with Crippen molar-refractivity contribution >= 4 is 10.0 Å². The zero-order chi connectivity index (χ0) is 15.6. The average Bonchev–Trinajstić information content (AvgIpc) is 2.76. The van der Waals surface area contributed by atoms with Crippen molar-refractivity contribution in [2.45, 2.75) is 38.6 Å². The topological polar surface area (TPSA) is 76.9 Å². The molecule has 0 saturated carbocycles. The third-order valence-corrected chi connectivity index (χ3v) is 4.66. The van der Waals surface area contributed by atoms with Crippen LogP contribution < -0.4 is 4.72 Å². The second kappa shape index (κ2) is 5.95. The normalized spacial score (nSPS) is 13.3. The van der Waals surface area contributed by atoms with Crippen molar-refractivity contribution in [2.75, 3.05) is 6.54 Å². The Hall–Kier alpha value is -1.73. The molecule has 0 radical (unpaired) electrons. The van der Waals surface area contributed by atoms with E-state index in [2.05, 4.69) is 14.8 Å². The molecule has 0 amide bonds. The van der Waals surface area contributed by atoms with Crippen molar-refractivity contribution < 1.29 is 8.42 Å². The molecule has 1 heterocycles. The van der Waals surface area contributed by atoms with E-state index >= 15 is 0 Å². The molecule has 0 bridgehead atoms. The van der Waals surface area contributed by atoms with Crippen LogP contribution in [-0.2, 0) is 10.0 Å². The van der Waals surface area contributed by atoms with Crippen molar-refractivity contribution in [1.29, 1.82) is 0 Å². The van der Waals surface area contributed by atoms with E-state index in [1.165, 1.54) is 0 Å². The fourth-order valence-corrected chi connectivity index (χ4v) is 3.19. The molecule has 2 rings (SSSR count). The number of aromatic nitrogens is 3. The number of sulfonamides is 1. The van der Waals surface area contributed by atoms with E-state index < -0.39 is 10.0 Å². The first-order chi connectivity index (χ1) is 9.79. The smallest absolute Gasteiger partial charge is 0.240 e. The van der Waals surface area contributed by atoms with Crippen molar-refractivity contribution in [2.24, 2.45) is 0 Å². The molecule has 1 aromatic carbocycles. The van der Waals surface area contributed by atoms with Gasteiger partial charge >= 0.3 is 0 Å². The monoisotopic (exact) mass is 308 g/mol. The minimum atomic E-state index is -3.50. The highest BCUT2D eigenvalue weighted by atomic mass is 32.2. The summed E-state index contributed by atoms with van der Waals surface area (Å²) in [5.74, 6) is 1.45. The molecular weight excluding hydrogens is 288 g/mol. The summed E-state index contributed by atoms with van der Waals surface area (Å²) in [6.07, 6.45) is 0. The molecule has 2 aromatic rings. The van der Waals surface area contributed by atoms with Crippen molar-refractivity contribution in [3.63, 3.8) is 0 Å². The predicted octanol–water partition coefficient (Wildman–Crippen LogP) is 1.74. The van der Waals surface area contributed by atoms with Crippen LogP contribution in [0.3, 0.4) is 0 Å². The summed E-state index contributed by atoms with van der Waals surface area (Å²) in [6.45, 7) is 7.75. The molecule has 0 aliphatic carbocycles. The lowest BCUT2D eigenvalue weighted by Crippen LogP contribution is -2.30. The minimum absolute atomic E-state index is 0.105. The first kappa shape index (κ1) is 15.7. The maximum atomic E-state index is 12.2. The summed E-state index contributed by atoms with van der Waals surface area (Å²) < 4.78 is 28.8. The average molecular weight is 308 g/mol. The van der Waals surface area contributed by atoms with Gasteiger partial charge in [-0.2, -0.15) is 5.10 Å². The van der Waals surface area contributed by atoms with Crippen molar-refractivity contribution in [3.05, 3.63) is 41.5 Å². The Bertz CT molecular complexity index is 720. The van der Waals surface area contributed by atoms with Crippen LogP contribution in [0.4, 0.5) is 0 Å². The zero-order valence-corrected chi connectivity index (χ0v) is 13.5. The fraction of sp³-hybridized carbons (Fsp3) is 0.429. The molecule has 6 nitrogen and oxygen atoms in total. The summed E-state index contributed by atoms with van der Waals surface area (Å²) >= 11 is 0. The Morgan fingerprint density at radius 1 is 1.19 bits per heavy atom. The van der Waals surface area contributed by atoms with Gasteiger partial charge in [0, 0.05) is 6.54 Å². The van der Waals surface area contributed by atoms with Crippen molar-refractivity contribution in [1.82, 2.24) is 19.5 Å². The molecule has 0 spiro atoms. The number of aryl methyl sites for hydroxylation is 3. The molecule has 0 fully saturated rings. The summed E-state index contributed by atoms with van der Waals surface area (Å²) in [7, 11) is -3.50. The molecule has 7 heteroatoms. The minimum Gasteiger partial charge on any atom is -0.246 e. The first-order valence-corrected chi connectivity index (χ1v) is 8.24. The fourth-order valence-electron chi connectivity index (χ4n) is 2.07. The van der Waals surface area contributed by atoms with Crippen LogP contribution >= 0.6 is 0 Å². The largest absolute Gasteiger partial charge is 0.246 e. The molecular formula is C14H20N4O2S. The summed E-state index contributed by atoms with van der Waals surface area (Å²) in [5.41, 5.74) is 1.02. The Balaban J connectivity index is 2.08. The highest BCUT2D eigenvalue weighted by Gasteiger charge is 2.17. The number of rotatable bonds is 5. The molecule has 0 aliphatic heterocycles. The lowest BCUT2D eigenvalue weighted by atomic mass is 10.2. The molecule has 114 valence electrons. The second-order valence-corrected chi connectivity index (χ2v) is 6.93. The van der Waals surface area contributed by atoms with E-state index in [4.69, 9.17) is 0 Å². The lowest BCUT2D eigenvalue weighted by Gasteiger charge is -2.14. The van der Waals surface area contributed by atoms with Crippen LogP contribution in [0, 0.1) is 20.8 Å². The van der Waals surface area contributed by atoms with Crippen LogP contribution in [0.2, 0.25) is 0 Å². The van der Waals surface area contributed by atoms with E-state index in [0.29, 0.717) is 5.82 Å². The summed E-state index contributed by atoms with van der Waals surface area (Å²) in [4.78, 5) is 4.49. The Labute approximate surface area is 125 Å². The van der Waals surface area contributed by atoms with Gasteiger partial charge in [-0.3, -0.25) is 0 Å². The van der Waals surface area contributed by atoms with Gasteiger partial charge in [-0.15, -0.1) is 0 Å². The number of hydrogen-bond acceptors (Lipinski definition) is 4. The Morgan fingerprint density at radius 2 is 1.81 bits per heavy atom. The third kappa shape index (κ3) is 3.68. The first-order valence-electron chi connectivity index (χ1n) is 6.75. The van der Waals surface area contributed by atoms with Crippen LogP contribution in [-0.4, -0.2) is 29.7 Å². The van der Waals surface area contributed by atoms with E-state index in [1.807, 2.05) is 27.7 Å². The van der Waals surface area contributed by atoms with Gasteiger partial charge in [0.15, 0.2) is 0 Å². The van der Waals surface area contributed by atoms with Gasteiger partial charge in [0.2, 0.25) is 10.0 Å². The van der Waals surface area contributed by atoms with E-state index in [1.54, 1.807) is 28.9 Å². The van der Waals surface area contributed by atoms with Gasteiger partial charge in [0.05, 0.1) is 10.9 Å². The number of hydrogen-bond donors (Lipinski definition) is 1. The molecule has 21 heavy (non-hydrogen) atoms.